The smallest absolute Gasteiger partial charge is 0.337 e. The van der Waals surface area contributed by atoms with Gasteiger partial charge in [0, 0.05) is 25.0 Å². The van der Waals surface area contributed by atoms with Gasteiger partial charge in [0.15, 0.2) is 0 Å². The van der Waals surface area contributed by atoms with Gasteiger partial charge in [-0.1, -0.05) is 0 Å². The molecule has 0 atom stereocenters. The summed E-state index contributed by atoms with van der Waals surface area (Å²) >= 11 is 0. The third-order valence-corrected chi connectivity index (χ3v) is 2.84. The molecule has 0 fully saturated rings. The number of esters is 1. The molecular formula is C15H15N3O3. The summed E-state index contributed by atoms with van der Waals surface area (Å²) in [6, 6.07) is 8.26. The van der Waals surface area contributed by atoms with Gasteiger partial charge in [0.1, 0.15) is 0 Å². The summed E-state index contributed by atoms with van der Waals surface area (Å²) in [4.78, 5) is 23.1. The Morgan fingerprint density at radius 2 is 1.95 bits per heavy atom. The van der Waals surface area contributed by atoms with Gasteiger partial charge in [0.25, 0.3) is 0 Å². The van der Waals surface area contributed by atoms with Crippen molar-refractivity contribution < 1.29 is 14.3 Å². The molecule has 1 aromatic heterocycles. The van der Waals surface area contributed by atoms with E-state index in [-0.39, 0.29) is 5.91 Å². The van der Waals surface area contributed by atoms with Crippen LogP contribution in [0.5, 0.6) is 0 Å². The van der Waals surface area contributed by atoms with Gasteiger partial charge in [-0.25, -0.2) is 4.79 Å². The molecule has 1 heterocycles. The van der Waals surface area contributed by atoms with E-state index >= 15 is 0 Å². The maximum atomic E-state index is 11.8. The Labute approximate surface area is 122 Å². The van der Waals surface area contributed by atoms with Crippen molar-refractivity contribution >= 4 is 23.6 Å². The molecule has 6 nitrogen and oxygen atoms in total. The molecule has 1 aromatic carbocycles. The first-order chi connectivity index (χ1) is 10.1. The van der Waals surface area contributed by atoms with E-state index in [1.54, 1.807) is 54.3 Å². The van der Waals surface area contributed by atoms with Crippen LogP contribution in [0.25, 0.3) is 6.08 Å². The fourth-order valence-corrected chi connectivity index (χ4v) is 1.70. The summed E-state index contributed by atoms with van der Waals surface area (Å²) in [7, 11) is 3.12. The number of benzene rings is 1. The van der Waals surface area contributed by atoms with Crippen molar-refractivity contribution in [2.45, 2.75) is 0 Å². The quantitative estimate of drug-likeness (QED) is 0.687. The minimum absolute atomic E-state index is 0.262. The van der Waals surface area contributed by atoms with Crippen LogP contribution in [0.15, 0.2) is 42.6 Å². The van der Waals surface area contributed by atoms with Gasteiger partial charge in [0.2, 0.25) is 5.91 Å². The molecule has 1 amide bonds. The number of methoxy groups -OCH3 is 1. The molecule has 0 aliphatic carbocycles. The lowest BCUT2D eigenvalue weighted by Crippen LogP contribution is -2.08. The number of hydrogen-bond donors (Lipinski definition) is 1. The van der Waals surface area contributed by atoms with Crippen LogP contribution in [0.1, 0.15) is 16.1 Å². The predicted molar refractivity (Wildman–Crippen MR) is 78.7 cm³/mol. The first-order valence-corrected chi connectivity index (χ1v) is 6.25. The van der Waals surface area contributed by atoms with E-state index in [4.69, 9.17) is 0 Å². The molecule has 0 bridgehead atoms. The predicted octanol–water partition coefficient (Wildman–Crippen LogP) is 1.86. The maximum absolute atomic E-state index is 11.8. The van der Waals surface area contributed by atoms with Crippen molar-refractivity contribution in [1.29, 1.82) is 0 Å². The van der Waals surface area contributed by atoms with Crippen LogP contribution >= 0.6 is 0 Å². The first-order valence-electron chi connectivity index (χ1n) is 6.25. The minimum atomic E-state index is -0.413. The zero-order valence-electron chi connectivity index (χ0n) is 11.7. The monoisotopic (exact) mass is 285 g/mol. The zero-order valence-corrected chi connectivity index (χ0v) is 11.7. The molecule has 0 saturated carbocycles. The van der Waals surface area contributed by atoms with Crippen molar-refractivity contribution in [3.8, 4) is 0 Å². The Balaban J connectivity index is 1.98. The van der Waals surface area contributed by atoms with Crippen LogP contribution in [0.2, 0.25) is 0 Å². The molecule has 108 valence electrons. The minimum Gasteiger partial charge on any atom is -0.465 e. The van der Waals surface area contributed by atoms with E-state index in [0.29, 0.717) is 11.3 Å². The standard InChI is InChI=1S/C15H15N3O3/c1-18-13(9-10-16-18)7-8-14(19)17-12-5-3-11(4-6-12)15(20)21-2/h3-10H,1-2H3,(H,17,19)/b8-7+. The number of nitrogens with zero attached hydrogens (tertiary/aromatic N) is 2. The van der Waals surface area contributed by atoms with Crippen LogP contribution in [-0.2, 0) is 16.6 Å². The van der Waals surface area contributed by atoms with Gasteiger partial charge >= 0.3 is 5.97 Å². The van der Waals surface area contributed by atoms with E-state index in [1.165, 1.54) is 13.2 Å². The fourth-order valence-electron chi connectivity index (χ4n) is 1.70. The molecule has 6 heteroatoms. The van der Waals surface area contributed by atoms with Gasteiger partial charge < -0.3 is 10.1 Å². The molecule has 0 unspecified atom stereocenters. The van der Waals surface area contributed by atoms with E-state index in [2.05, 4.69) is 15.2 Å². The lowest BCUT2D eigenvalue weighted by molar-refractivity contribution is -0.111. The number of aromatic nitrogens is 2. The van der Waals surface area contributed by atoms with E-state index in [0.717, 1.165) is 5.69 Å². The van der Waals surface area contributed by atoms with Crippen molar-refractivity contribution in [1.82, 2.24) is 9.78 Å². The second-order valence-corrected chi connectivity index (χ2v) is 4.27. The molecule has 1 N–H and O–H groups in total. The Morgan fingerprint density at radius 1 is 1.24 bits per heavy atom. The molecule has 0 saturated heterocycles. The van der Waals surface area contributed by atoms with Crippen LogP contribution in [0, 0.1) is 0 Å². The number of aryl methyl sites for hydroxylation is 1. The topological polar surface area (TPSA) is 73.2 Å². The highest BCUT2D eigenvalue weighted by Crippen LogP contribution is 2.10. The molecule has 2 aromatic rings. The van der Waals surface area contributed by atoms with E-state index in [9.17, 15) is 9.59 Å². The normalized spacial score (nSPS) is 10.6. The van der Waals surface area contributed by atoms with Crippen LogP contribution < -0.4 is 5.32 Å². The zero-order chi connectivity index (χ0) is 15.2. The van der Waals surface area contributed by atoms with Crippen LogP contribution in [0.3, 0.4) is 0 Å². The number of carbonyl (C=O) groups excluding carboxylic acids is 2. The van der Waals surface area contributed by atoms with Gasteiger partial charge in [-0.3, -0.25) is 9.48 Å². The van der Waals surface area contributed by atoms with Gasteiger partial charge in [-0.2, -0.15) is 5.10 Å². The molecule has 2 rings (SSSR count). The number of amides is 1. The second kappa shape index (κ2) is 6.51. The van der Waals surface area contributed by atoms with Crippen LogP contribution in [0.4, 0.5) is 5.69 Å². The Kier molecular flexibility index (Phi) is 4.50. The van der Waals surface area contributed by atoms with Gasteiger partial charge in [0.05, 0.1) is 18.4 Å². The first kappa shape index (κ1) is 14.5. The van der Waals surface area contributed by atoms with Gasteiger partial charge in [-0.05, 0) is 36.4 Å². The number of ether oxygens (including phenoxy) is 1. The summed E-state index contributed by atoms with van der Waals surface area (Å²) in [5.74, 6) is -0.675. The Morgan fingerprint density at radius 3 is 2.52 bits per heavy atom. The highest BCUT2D eigenvalue weighted by molar-refractivity contribution is 6.02. The Bertz CT molecular complexity index is 672. The van der Waals surface area contributed by atoms with E-state index in [1.807, 2.05) is 0 Å². The summed E-state index contributed by atoms with van der Waals surface area (Å²) < 4.78 is 6.26. The molecule has 21 heavy (non-hydrogen) atoms. The lowest BCUT2D eigenvalue weighted by atomic mass is 10.2. The number of hydrogen-bond acceptors (Lipinski definition) is 4. The van der Waals surface area contributed by atoms with Crippen molar-refractivity contribution in [3.05, 3.63) is 53.9 Å². The summed E-state index contributed by atoms with van der Waals surface area (Å²) in [5, 5.41) is 6.70. The summed E-state index contributed by atoms with van der Waals surface area (Å²) in [5.41, 5.74) is 1.86. The average molecular weight is 285 g/mol. The number of nitrogens with one attached hydrogen (secondary N) is 1. The molecular weight excluding hydrogens is 270 g/mol. The summed E-state index contributed by atoms with van der Waals surface area (Å²) in [6.45, 7) is 0. The summed E-state index contributed by atoms with van der Waals surface area (Å²) in [6.07, 6.45) is 4.75. The highest BCUT2D eigenvalue weighted by Gasteiger charge is 2.05. The molecule has 0 spiro atoms. The number of rotatable bonds is 4. The van der Waals surface area contributed by atoms with Crippen molar-refractivity contribution in [3.63, 3.8) is 0 Å². The van der Waals surface area contributed by atoms with Crippen molar-refractivity contribution in [2.24, 2.45) is 7.05 Å². The SMILES string of the molecule is COC(=O)c1ccc(NC(=O)/C=C/c2ccnn2C)cc1. The molecule has 0 aliphatic rings. The second-order valence-electron chi connectivity index (χ2n) is 4.27. The third-order valence-electron chi connectivity index (χ3n) is 2.84. The van der Waals surface area contributed by atoms with E-state index < -0.39 is 5.97 Å². The maximum Gasteiger partial charge on any atom is 0.337 e. The lowest BCUT2D eigenvalue weighted by Gasteiger charge is -2.03. The highest BCUT2D eigenvalue weighted by atomic mass is 16.5. The largest absolute Gasteiger partial charge is 0.465 e. The molecule has 0 aliphatic heterocycles. The van der Waals surface area contributed by atoms with Crippen molar-refractivity contribution in [2.75, 3.05) is 12.4 Å². The number of carbonyl (C=O) groups is 2. The van der Waals surface area contributed by atoms with Gasteiger partial charge in [-0.15, -0.1) is 0 Å². The Hall–Kier alpha value is -2.89. The number of anilines is 1. The third kappa shape index (κ3) is 3.79. The molecule has 0 radical (unpaired) electrons. The average Bonchev–Trinajstić information content (AvgIpc) is 2.90. The fraction of sp³-hybridized carbons (Fsp3) is 0.133. The van der Waals surface area contributed by atoms with Crippen LogP contribution in [-0.4, -0.2) is 28.8 Å².